The van der Waals surface area contributed by atoms with Crippen LogP contribution < -0.4 is 0 Å². The molecule has 0 unspecified atom stereocenters. The topological polar surface area (TPSA) is 23.8 Å². The molecule has 0 aromatic heterocycles. The summed E-state index contributed by atoms with van der Waals surface area (Å²) in [6, 6.07) is 2.23. The van der Waals surface area contributed by atoms with Crippen LogP contribution in [0.2, 0.25) is 0 Å². The first-order valence-electron chi connectivity index (χ1n) is 4.21. The lowest BCUT2D eigenvalue weighted by Crippen LogP contribution is -1.95. The van der Waals surface area contributed by atoms with E-state index >= 15 is 0 Å². The fraction of sp³-hybridized carbons (Fsp3) is 0.364. The normalized spacial score (nSPS) is 17.3. The molecule has 0 saturated carbocycles. The van der Waals surface area contributed by atoms with Gasteiger partial charge in [-0.2, -0.15) is 5.26 Å². The van der Waals surface area contributed by atoms with Crippen molar-refractivity contribution < 1.29 is 0 Å². The highest BCUT2D eigenvalue weighted by Gasteiger charge is 2.09. The maximum atomic E-state index is 8.85. The molecule has 0 bridgehead atoms. The van der Waals surface area contributed by atoms with Gasteiger partial charge in [0.2, 0.25) is 0 Å². The molecule has 12 heavy (non-hydrogen) atoms. The molecule has 1 rings (SSSR count). The zero-order valence-corrected chi connectivity index (χ0v) is 7.49. The molecule has 1 nitrogen and oxygen atoms in total. The van der Waals surface area contributed by atoms with Gasteiger partial charge >= 0.3 is 0 Å². The highest BCUT2D eigenvalue weighted by molar-refractivity contribution is 5.36. The molecule has 0 N–H and O–H groups in total. The molecule has 1 heteroatoms. The first-order chi connectivity index (χ1) is 5.74. The van der Waals surface area contributed by atoms with Crippen LogP contribution in [0, 0.1) is 23.2 Å². The molecule has 0 aliphatic heterocycles. The summed E-state index contributed by atoms with van der Waals surface area (Å²) in [4.78, 5) is 0. The second-order valence-electron chi connectivity index (χ2n) is 3.27. The van der Waals surface area contributed by atoms with Gasteiger partial charge in [0.25, 0.3) is 0 Å². The molecule has 62 valence electrons. The first-order valence-corrected chi connectivity index (χ1v) is 4.21. The summed E-state index contributed by atoms with van der Waals surface area (Å²) in [5.74, 6) is 0.666. The predicted molar refractivity (Wildman–Crippen MR) is 50.3 cm³/mol. The van der Waals surface area contributed by atoms with Crippen molar-refractivity contribution in [2.75, 3.05) is 0 Å². The third-order valence-electron chi connectivity index (χ3n) is 1.75. The van der Waals surface area contributed by atoms with Crippen molar-refractivity contribution in [2.45, 2.75) is 13.8 Å². The van der Waals surface area contributed by atoms with Crippen molar-refractivity contribution in [3.8, 4) is 6.07 Å². The van der Waals surface area contributed by atoms with E-state index in [2.05, 4.69) is 19.9 Å². The summed E-state index contributed by atoms with van der Waals surface area (Å²) in [6.45, 7) is 4.17. The van der Waals surface area contributed by atoms with Crippen LogP contribution in [0.25, 0.3) is 0 Å². The number of hydrogen-bond donors (Lipinski definition) is 0. The van der Waals surface area contributed by atoms with Crippen LogP contribution in [0.3, 0.4) is 0 Å². The van der Waals surface area contributed by atoms with Crippen molar-refractivity contribution in [1.82, 2.24) is 0 Å². The Morgan fingerprint density at radius 3 is 2.42 bits per heavy atom. The number of nitriles is 1. The van der Waals surface area contributed by atoms with Gasteiger partial charge in [-0.3, -0.25) is 0 Å². The maximum Gasteiger partial charge on any atom is 0.0953 e. The van der Waals surface area contributed by atoms with E-state index in [4.69, 9.17) is 5.26 Å². The number of hydrogen-bond acceptors (Lipinski definition) is 1. The molecular weight excluding hydrogens is 146 g/mol. The van der Waals surface area contributed by atoms with Gasteiger partial charge in [-0.25, -0.2) is 0 Å². The van der Waals surface area contributed by atoms with Gasteiger partial charge in [0.1, 0.15) is 0 Å². The van der Waals surface area contributed by atoms with E-state index in [1.165, 1.54) is 0 Å². The van der Waals surface area contributed by atoms with E-state index in [0.29, 0.717) is 5.92 Å². The number of allylic oxidation sites excluding steroid dienone is 6. The lowest BCUT2D eigenvalue weighted by atomic mass is 9.98. The fourth-order valence-electron chi connectivity index (χ4n) is 1.22. The average Bonchev–Trinajstić information content (AvgIpc) is 2.51. The molecule has 1 aliphatic carbocycles. The Balaban J connectivity index is 2.77. The van der Waals surface area contributed by atoms with Crippen LogP contribution in [-0.2, 0) is 0 Å². The van der Waals surface area contributed by atoms with Crippen molar-refractivity contribution in [2.24, 2.45) is 11.8 Å². The Hall–Kier alpha value is -1.29. The van der Waals surface area contributed by atoms with Gasteiger partial charge in [0.05, 0.1) is 6.07 Å². The summed E-state index contributed by atoms with van der Waals surface area (Å²) >= 11 is 0. The Bertz CT molecular complexity index is 262. The zero-order valence-electron chi connectivity index (χ0n) is 7.49. The van der Waals surface area contributed by atoms with Gasteiger partial charge in [-0.1, -0.05) is 44.2 Å². The van der Waals surface area contributed by atoms with E-state index in [9.17, 15) is 0 Å². The van der Waals surface area contributed by atoms with Gasteiger partial charge in [-0.05, 0) is 5.92 Å². The van der Waals surface area contributed by atoms with E-state index in [-0.39, 0.29) is 5.92 Å². The monoisotopic (exact) mass is 159 g/mol. The molecule has 0 fully saturated rings. The van der Waals surface area contributed by atoms with E-state index in [1.54, 1.807) is 0 Å². The molecule has 0 spiro atoms. The molecule has 0 saturated heterocycles. The number of nitrogens with zero attached hydrogens (tertiary/aromatic N) is 1. The molecular formula is C11H13N. The average molecular weight is 159 g/mol. The maximum absolute atomic E-state index is 8.85. The smallest absolute Gasteiger partial charge is 0.0953 e. The van der Waals surface area contributed by atoms with Crippen LogP contribution >= 0.6 is 0 Å². The van der Waals surface area contributed by atoms with Gasteiger partial charge in [-0.15, -0.1) is 0 Å². The Morgan fingerprint density at radius 1 is 1.42 bits per heavy atom. The second-order valence-corrected chi connectivity index (χ2v) is 3.27. The Morgan fingerprint density at radius 2 is 2.00 bits per heavy atom. The van der Waals surface area contributed by atoms with Crippen LogP contribution in [0.1, 0.15) is 13.8 Å². The summed E-state index contributed by atoms with van der Waals surface area (Å²) < 4.78 is 0. The van der Waals surface area contributed by atoms with Crippen molar-refractivity contribution in [3.05, 3.63) is 36.0 Å². The van der Waals surface area contributed by atoms with Crippen molar-refractivity contribution in [3.63, 3.8) is 0 Å². The summed E-state index contributed by atoms with van der Waals surface area (Å²) in [5.41, 5.74) is 0.856. The highest BCUT2D eigenvalue weighted by atomic mass is 14.3. The van der Waals surface area contributed by atoms with Crippen LogP contribution in [-0.4, -0.2) is 0 Å². The molecule has 0 atom stereocenters. The predicted octanol–water partition coefficient (Wildman–Crippen LogP) is 2.83. The van der Waals surface area contributed by atoms with E-state index in [1.807, 2.05) is 30.4 Å². The first kappa shape index (κ1) is 8.80. The molecule has 0 heterocycles. The summed E-state index contributed by atoms with van der Waals surface area (Å²) in [5, 5.41) is 8.85. The standard InChI is InChI=1S/C11H13N/c1-9(2)7-11(8-12)10-5-3-4-6-10/h3-7,9-10H,1-2H3/b11-7+. The van der Waals surface area contributed by atoms with Gasteiger partial charge < -0.3 is 0 Å². The fourth-order valence-corrected chi connectivity index (χ4v) is 1.22. The molecule has 0 aromatic carbocycles. The molecule has 0 amide bonds. The third-order valence-corrected chi connectivity index (χ3v) is 1.75. The molecule has 0 aromatic rings. The van der Waals surface area contributed by atoms with E-state index < -0.39 is 0 Å². The van der Waals surface area contributed by atoms with E-state index in [0.717, 1.165) is 5.57 Å². The minimum Gasteiger partial charge on any atom is -0.193 e. The Labute approximate surface area is 73.7 Å². The largest absolute Gasteiger partial charge is 0.193 e. The summed E-state index contributed by atoms with van der Waals surface area (Å²) in [7, 11) is 0. The van der Waals surface area contributed by atoms with Gasteiger partial charge in [0.15, 0.2) is 0 Å². The lowest BCUT2D eigenvalue weighted by Gasteiger charge is -2.04. The zero-order chi connectivity index (χ0) is 8.97. The van der Waals surface area contributed by atoms with Crippen molar-refractivity contribution >= 4 is 0 Å². The highest BCUT2D eigenvalue weighted by Crippen LogP contribution is 2.19. The van der Waals surface area contributed by atoms with Crippen molar-refractivity contribution in [1.29, 1.82) is 5.26 Å². The second kappa shape index (κ2) is 3.92. The third kappa shape index (κ3) is 2.10. The minimum atomic E-state index is 0.220. The SMILES string of the molecule is CC(C)/C=C(\C#N)C1C=CC=C1. The summed E-state index contributed by atoms with van der Waals surface area (Å²) in [6.07, 6.45) is 10.1. The number of rotatable bonds is 2. The quantitative estimate of drug-likeness (QED) is 0.568. The Kier molecular flexibility index (Phi) is 2.88. The van der Waals surface area contributed by atoms with Crippen LogP contribution in [0.5, 0.6) is 0 Å². The van der Waals surface area contributed by atoms with Crippen LogP contribution in [0.4, 0.5) is 0 Å². The molecule has 0 radical (unpaired) electrons. The lowest BCUT2D eigenvalue weighted by molar-refractivity contribution is 0.811. The van der Waals surface area contributed by atoms with Gasteiger partial charge in [0, 0.05) is 11.5 Å². The minimum absolute atomic E-state index is 0.220. The van der Waals surface area contributed by atoms with Crippen LogP contribution in [0.15, 0.2) is 36.0 Å². The molecule has 1 aliphatic rings.